The Hall–Kier alpha value is -2.92. The van der Waals surface area contributed by atoms with E-state index >= 15 is 0 Å². The molecular weight excluding hydrogens is 311 g/mol. The van der Waals surface area contributed by atoms with Crippen LogP contribution in [0.5, 0.6) is 0 Å². The summed E-state index contributed by atoms with van der Waals surface area (Å²) in [6.45, 7) is 0. The molecule has 0 atom stereocenters. The van der Waals surface area contributed by atoms with E-state index in [1.54, 1.807) is 0 Å². The van der Waals surface area contributed by atoms with Gasteiger partial charge in [-0.15, -0.1) is 0 Å². The van der Waals surface area contributed by atoms with Crippen molar-refractivity contribution in [1.29, 1.82) is 0 Å². The Morgan fingerprint density at radius 3 is 2.39 bits per heavy atom. The molecular formula is C12H13BN2O8. The SMILES string of the molecule is COC(=O)/C=C(/Nc1cc(B(O)O)cc([N+](=O)[O-])c1)C(=O)OC. The van der Waals surface area contributed by atoms with Gasteiger partial charge in [0.15, 0.2) is 0 Å². The number of benzene rings is 1. The Morgan fingerprint density at radius 1 is 1.26 bits per heavy atom. The molecule has 0 spiro atoms. The summed E-state index contributed by atoms with van der Waals surface area (Å²) in [5, 5.41) is 31.6. The number of nitrogens with zero attached hydrogens (tertiary/aromatic N) is 1. The molecule has 0 radical (unpaired) electrons. The summed E-state index contributed by atoms with van der Waals surface area (Å²) >= 11 is 0. The van der Waals surface area contributed by atoms with Crippen molar-refractivity contribution in [3.63, 3.8) is 0 Å². The quantitative estimate of drug-likeness (QED) is 0.195. The highest BCUT2D eigenvalue weighted by Crippen LogP contribution is 2.18. The fraction of sp³-hybridized carbons (Fsp3) is 0.167. The predicted octanol–water partition coefficient (Wildman–Crippen LogP) is -1.08. The number of carbonyl (C=O) groups excluding carboxylic acids is 2. The van der Waals surface area contributed by atoms with Gasteiger partial charge in [-0.1, -0.05) is 0 Å². The van der Waals surface area contributed by atoms with Gasteiger partial charge in [0, 0.05) is 17.8 Å². The molecule has 0 unspecified atom stereocenters. The first-order chi connectivity index (χ1) is 10.8. The Balaban J connectivity index is 3.27. The van der Waals surface area contributed by atoms with E-state index in [9.17, 15) is 19.7 Å². The number of nitrogens with one attached hydrogen (secondary N) is 1. The predicted molar refractivity (Wildman–Crippen MR) is 78.7 cm³/mol. The number of non-ortho nitro benzene ring substituents is 1. The van der Waals surface area contributed by atoms with Crippen LogP contribution in [0.2, 0.25) is 0 Å². The molecule has 1 aromatic rings. The van der Waals surface area contributed by atoms with Crippen LogP contribution in [-0.4, -0.2) is 48.2 Å². The van der Waals surface area contributed by atoms with Crippen LogP contribution in [0.3, 0.4) is 0 Å². The van der Waals surface area contributed by atoms with Gasteiger partial charge in [-0.3, -0.25) is 10.1 Å². The number of nitro benzene ring substituents is 1. The molecule has 0 aliphatic heterocycles. The first-order valence-corrected chi connectivity index (χ1v) is 6.09. The first kappa shape index (κ1) is 18.1. The molecule has 0 saturated carbocycles. The van der Waals surface area contributed by atoms with Gasteiger partial charge in [0.25, 0.3) is 5.69 Å². The van der Waals surface area contributed by atoms with E-state index in [4.69, 9.17) is 10.0 Å². The molecule has 0 aliphatic carbocycles. The van der Waals surface area contributed by atoms with Gasteiger partial charge < -0.3 is 24.8 Å². The molecule has 122 valence electrons. The van der Waals surface area contributed by atoms with E-state index in [0.717, 1.165) is 38.5 Å². The van der Waals surface area contributed by atoms with Crippen molar-refractivity contribution in [2.75, 3.05) is 19.5 Å². The third kappa shape index (κ3) is 5.09. The number of esters is 2. The van der Waals surface area contributed by atoms with E-state index in [2.05, 4.69) is 14.8 Å². The molecule has 11 heteroatoms. The number of carbonyl (C=O) groups is 2. The summed E-state index contributed by atoms with van der Waals surface area (Å²) in [6.07, 6.45) is 0.791. The van der Waals surface area contributed by atoms with Crippen LogP contribution < -0.4 is 10.8 Å². The lowest BCUT2D eigenvalue weighted by Gasteiger charge is -2.10. The number of rotatable bonds is 6. The Labute approximate surface area is 130 Å². The number of nitro groups is 1. The fourth-order valence-corrected chi connectivity index (χ4v) is 1.55. The van der Waals surface area contributed by atoms with Crippen LogP contribution in [0.15, 0.2) is 30.0 Å². The molecule has 0 aliphatic rings. The van der Waals surface area contributed by atoms with Gasteiger partial charge in [-0.2, -0.15) is 0 Å². The van der Waals surface area contributed by atoms with Gasteiger partial charge >= 0.3 is 19.1 Å². The number of anilines is 1. The van der Waals surface area contributed by atoms with E-state index in [0.29, 0.717) is 0 Å². The molecule has 0 fully saturated rings. The second-order valence-corrected chi connectivity index (χ2v) is 4.14. The van der Waals surface area contributed by atoms with E-state index in [1.807, 2.05) is 0 Å². The minimum Gasteiger partial charge on any atom is -0.466 e. The van der Waals surface area contributed by atoms with Crippen LogP contribution in [-0.2, 0) is 19.1 Å². The lowest BCUT2D eigenvalue weighted by molar-refractivity contribution is -0.384. The van der Waals surface area contributed by atoms with E-state index in [1.165, 1.54) is 0 Å². The standard InChI is InChI=1S/C12H13BN2O8/c1-22-11(16)6-10(12(17)23-2)14-8-3-7(13(18)19)4-9(5-8)15(20)21/h3-6,14,18-19H,1-2H3/b10-6+. The first-order valence-electron chi connectivity index (χ1n) is 6.09. The molecule has 0 saturated heterocycles. The monoisotopic (exact) mass is 324 g/mol. The van der Waals surface area contributed by atoms with E-state index in [-0.39, 0.29) is 16.8 Å². The maximum Gasteiger partial charge on any atom is 0.488 e. The summed E-state index contributed by atoms with van der Waals surface area (Å²) in [7, 11) is 0.217. The zero-order valence-electron chi connectivity index (χ0n) is 12.2. The smallest absolute Gasteiger partial charge is 0.466 e. The van der Waals surface area contributed by atoms with Gasteiger partial charge in [-0.05, 0) is 11.5 Å². The summed E-state index contributed by atoms with van der Waals surface area (Å²) in [5.74, 6) is -1.78. The van der Waals surface area contributed by atoms with Crippen molar-refractivity contribution in [3.05, 3.63) is 40.1 Å². The van der Waals surface area contributed by atoms with E-state index < -0.39 is 29.7 Å². The number of hydrogen-bond acceptors (Lipinski definition) is 9. The average molecular weight is 324 g/mol. The van der Waals surface area contributed by atoms with Crippen molar-refractivity contribution in [1.82, 2.24) is 0 Å². The van der Waals surface area contributed by atoms with Crippen molar-refractivity contribution < 1.29 is 34.0 Å². The minimum atomic E-state index is -1.96. The van der Waals surface area contributed by atoms with Crippen LogP contribution in [0.25, 0.3) is 0 Å². The highest BCUT2D eigenvalue weighted by molar-refractivity contribution is 6.58. The number of methoxy groups -OCH3 is 2. The second kappa shape index (κ2) is 7.91. The minimum absolute atomic E-state index is 0.0251. The highest BCUT2D eigenvalue weighted by Gasteiger charge is 2.20. The highest BCUT2D eigenvalue weighted by atomic mass is 16.6. The summed E-state index contributed by atoms with van der Waals surface area (Å²) in [4.78, 5) is 33.0. The zero-order valence-corrected chi connectivity index (χ0v) is 12.2. The summed E-state index contributed by atoms with van der Waals surface area (Å²) in [5.41, 5.74) is -0.995. The van der Waals surface area contributed by atoms with Crippen molar-refractivity contribution in [2.45, 2.75) is 0 Å². The molecule has 0 amide bonds. The number of hydrogen-bond donors (Lipinski definition) is 3. The molecule has 0 bridgehead atoms. The Kier molecular flexibility index (Phi) is 6.24. The normalized spacial score (nSPS) is 10.7. The molecule has 0 aromatic heterocycles. The third-order valence-electron chi connectivity index (χ3n) is 2.60. The molecule has 1 rings (SSSR count). The maximum atomic E-state index is 11.6. The zero-order chi connectivity index (χ0) is 17.6. The number of ether oxygens (including phenoxy) is 2. The average Bonchev–Trinajstić information content (AvgIpc) is 2.52. The van der Waals surface area contributed by atoms with Crippen molar-refractivity contribution >= 4 is 35.9 Å². The molecule has 0 heterocycles. The van der Waals surface area contributed by atoms with Crippen molar-refractivity contribution in [3.8, 4) is 0 Å². The van der Waals surface area contributed by atoms with Gasteiger partial charge in [0.2, 0.25) is 0 Å². The molecule has 23 heavy (non-hydrogen) atoms. The lowest BCUT2D eigenvalue weighted by atomic mass is 9.80. The molecule has 1 aromatic carbocycles. The van der Waals surface area contributed by atoms with Crippen LogP contribution in [0.1, 0.15) is 0 Å². The lowest BCUT2D eigenvalue weighted by Crippen LogP contribution is -2.30. The van der Waals surface area contributed by atoms with Crippen LogP contribution in [0, 0.1) is 10.1 Å². The maximum absolute atomic E-state index is 11.6. The summed E-state index contributed by atoms with van der Waals surface area (Å²) in [6, 6.07) is 3.16. The Bertz CT molecular complexity index is 658. The van der Waals surface area contributed by atoms with Gasteiger partial charge in [0.1, 0.15) is 5.70 Å². The third-order valence-corrected chi connectivity index (χ3v) is 2.60. The van der Waals surface area contributed by atoms with Crippen molar-refractivity contribution in [2.24, 2.45) is 0 Å². The second-order valence-electron chi connectivity index (χ2n) is 4.14. The summed E-state index contributed by atoms with van der Waals surface area (Å²) < 4.78 is 8.86. The molecule has 3 N–H and O–H groups in total. The Morgan fingerprint density at radius 2 is 1.91 bits per heavy atom. The molecule has 10 nitrogen and oxygen atoms in total. The van der Waals surface area contributed by atoms with Crippen LogP contribution in [0.4, 0.5) is 11.4 Å². The van der Waals surface area contributed by atoms with Crippen LogP contribution >= 0.6 is 0 Å². The van der Waals surface area contributed by atoms with Gasteiger partial charge in [-0.25, -0.2) is 9.59 Å². The topological polar surface area (TPSA) is 148 Å². The van der Waals surface area contributed by atoms with Gasteiger partial charge in [0.05, 0.1) is 25.2 Å². The fourth-order valence-electron chi connectivity index (χ4n) is 1.55. The largest absolute Gasteiger partial charge is 0.488 e.